The van der Waals surface area contributed by atoms with Gasteiger partial charge in [-0.2, -0.15) is 0 Å². The van der Waals surface area contributed by atoms with Crippen molar-refractivity contribution in [3.8, 4) is 0 Å². The van der Waals surface area contributed by atoms with Gasteiger partial charge in [0.25, 0.3) is 0 Å². The van der Waals surface area contributed by atoms with Gasteiger partial charge < -0.3 is 41.1 Å². The van der Waals surface area contributed by atoms with Crippen molar-refractivity contribution < 1.29 is 123 Å². The first kappa shape index (κ1) is 28.9. The van der Waals surface area contributed by atoms with Crippen LogP contribution in [0, 0.1) is 10.8 Å². The standard InChI is InChI=1S/2C4H9N3O2.2K/c2*1-7(4(5)6)2-3(8)9;;/h2*2H2,1H3,(H3,5,6)(H,8,9);;/q;;2*+1/p-2. The molecule has 0 aromatic heterocycles. The van der Waals surface area contributed by atoms with Gasteiger partial charge in [-0.05, 0) is 0 Å². The third kappa shape index (κ3) is 21.1. The quantitative estimate of drug-likeness (QED) is 0.221. The van der Waals surface area contributed by atoms with E-state index in [2.05, 4.69) is 0 Å². The molecule has 104 valence electrons. The summed E-state index contributed by atoms with van der Waals surface area (Å²) in [5.74, 6) is -3.04. The Balaban J connectivity index is -0.000000116. The third-order valence-electron chi connectivity index (χ3n) is 1.56. The molecule has 12 heteroatoms. The van der Waals surface area contributed by atoms with Crippen LogP contribution < -0.4 is 124 Å². The molecule has 0 aromatic carbocycles. The minimum atomic E-state index is -1.24. The number of carbonyl (C=O) groups excluding carboxylic acids is 2. The Labute approximate surface area is 202 Å². The van der Waals surface area contributed by atoms with Crippen LogP contribution in [0.25, 0.3) is 0 Å². The Kier molecular flexibility index (Phi) is 23.3. The number of aliphatic carboxylic acids is 2. The third-order valence-corrected chi connectivity index (χ3v) is 1.56. The minimum absolute atomic E-state index is 0. The molecule has 20 heavy (non-hydrogen) atoms. The van der Waals surface area contributed by atoms with Gasteiger partial charge >= 0.3 is 103 Å². The van der Waals surface area contributed by atoms with Crippen molar-refractivity contribution in [1.29, 1.82) is 10.8 Å². The molecular formula is C8H16K2N6O4. The van der Waals surface area contributed by atoms with Crippen molar-refractivity contribution >= 4 is 23.9 Å². The van der Waals surface area contributed by atoms with E-state index in [0.717, 1.165) is 9.80 Å². The second-order valence-corrected chi connectivity index (χ2v) is 3.23. The summed E-state index contributed by atoms with van der Waals surface area (Å²) in [6.45, 7) is -0.676. The summed E-state index contributed by atoms with van der Waals surface area (Å²) in [6.07, 6.45) is 0. The van der Waals surface area contributed by atoms with Gasteiger partial charge in [-0.25, -0.2) is 0 Å². The molecule has 6 N–H and O–H groups in total. The summed E-state index contributed by atoms with van der Waals surface area (Å²) < 4.78 is 0. The summed E-state index contributed by atoms with van der Waals surface area (Å²) in [5, 5.41) is 33.0. The van der Waals surface area contributed by atoms with Crippen LogP contribution in [0.2, 0.25) is 0 Å². The van der Waals surface area contributed by atoms with E-state index in [1.807, 2.05) is 0 Å². The monoisotopic (exact) mass is 338 g/mol. The van der Waals surface area contributed by atoms with Crippen molar-refractivity contribution in [3.05, 3.63) is 0 Å². The fourth-order valence-electron chi connectivity index (χ4n) is 0.558. The molecule has 0 aromatic rings. The van der Waals surface area contributed by atoms with E-state index in [4.69, 9.17) is 22.3 Å². The van der Waals surface area contributed by atoms with Gasteiger partial charge in [0.1, 0.15) is 0 Å². The molecule has 0 bridgehead atoms. The number of hydrogen-bond donors (Lipinski definition) is 4. The zero-order chi connectivity index (χ0) is 14.9. The summed E-state index contributed by atoms with van der Waals surface area (Å²) in [5.41, 5.74) is 9.80. The Bertz CT molecular complexity index is 309. The normalized spacial score (nSPS) is 7.70. The summed E-state index contributed by atoms with van der Waals surface area (Å²) in [7, 11) is 2.80. The maximum absolute atomic E-state index is 9.81. The zero-order valence-electron chi connectivity index (χ0n) is 12.1. The topological polar surface area (TPSA) is 186 Å². The maximum Gasteiger partial charge on any atom is 1.00 e. The van der Waals surface area contributed by atoms with Gasteiger partial charge in [0.05, 0.1) is 25.0 Å². The molecule has 0 spiro atoms. The fraction of sp³-hybridized carbons (Fsp3) is 0.500. The minimum Gasteiger partial charge on any atom is -0.548 e. The number of nitrogens with one attached hydrogen (secondary N) is 2. The second kappa shape index (κ2) is 16.1. The first-order chi connectivity index (χ1) is 8.07. The van der Waals surface area contributed by atoms with Crippen molar-refractivity contribution in [2.24, 2.45) is 11.5 Å². The van der Waals surface area contributed by atoms with Crippen LogP contribution >= 0.6 is 0 Å². The molecule has 0 aliphatic rings. The van der Waals surface area contributed by atoms with Gasteiger partial charge in [0, 0.05) is 14.1 Å². The Hall–Kier alpha value is 0.753. The predicted molar refractivity (Wildman–Crippen MR) is 59.1 cm³/mol. The molecule has 0 saturated carbocycles. The van der Waals surface area contributed by atoms with Gasteiger partial charge in [-0.1, -0.05) is 0 Å². The van der Waals surface area contributed by atoms with Crippen LogP contribution in [0.4, 0.5) is 0 Å². The Morgan fingerprint density at radius 2 is 1.10 bits per heavy atom. The van der Waals surface area contributed by atoms with Gasteiger partial charge in [-0.3, -0.25) is 10.8 Å². The Morgan fingerprint density at radius 1 is 0.900 bits per heavy atom. The molecule has 0 rings (SSSR count). The Morgan fingerprint density at radius 3 is 1.15 bits per heavy atom. The number of nitrogens with zero attached hydrogens (tertiary/aromatic N) is 2. The number of hydrogen-bond acceptors (Lipinski definition) is 6. The fourth-order valence-corrected chi connectivity index (χ4v) is 0.558. The number of likely N-dealkylation sites (N-methyl/N-ethyl adjacent to an activating group) is 2. The van der Waals surface area contributed by atoms with Crippen molar-refractivity contribution in [3.63, 3.8) is 0 Å². The van der Waals surface area contributed by atoms with E-state index >= 15 is 0 Å². The number of carboxylic acid groups (broad SMARTS) is 2. The molecule has 0 atom stereocenters. The number of rotatable bonds is 4. The molecule has 0 aliphatic carbocycles. The van der Waals surface area contributed by atoms with Gasteiger partial charge in [0.2, 0.25) is 0 Å². The molecule has 0 fully saturated rings. The van der Waals surface area contributed by atoms with Gasteiger partial charge in [0.15, 0.2) is 11.9 Å². The SMILES string of the molecule is CN(CC(=O)[O-])C(=N)N.CN(CC(=O)[O-])C(=N)N.[K+].[K+]. The molecule has 0 heterocycles. The van der Waals surface area contributed by atoms with E-state index in [1.54, 1.807) is 0 Å². The largest absolute Gasteiger partial charge is 1.00 e. The smallest absolute Gasteiger partial charge is 0.548 e. The van der Waals surface area contributed by atoms with Crippen LogP contribution in [0.15, 0.2) is 0 Å². The molecule has 0 amide bonds. The molecule has 0 aliphatic heterocycles. The van der Waals surface area contributed by atoms with Crippen LogP contribution in [0.3, 0.4) is 0 Å². The first-order valence-electron chi connectivity index (χ1n) is 4.58. The number of nitrogens with two attached hydrogens (primary N) is 2. The van der Waals surface area contributed by atoms with E-state index in [1.165, 1.54) is 14.1 Å². The van der Waals surface area contributed by atoms with Crippen molar-refractivity contribution in [2.75, 3.05) is 27.2 Å². The molecule has 0 saturated heterocycles. The number of guanidine groups is 2. The van der Waals surface area contributed by atoms with E-state index in [0.29, 0.717) is 0 Å². The molecule has 0 unspecified atom stereocenters. The number of carbonyl (C=O) groups is 2. The molecular weight excluding hydrogens is 322 g/mol. The maximum atomic E-state index is 9.81. The summed E-state index contributed by atoms with van der Waals surface area (Å²) in [6, 6.07) is 0. The van der Waals surface area contributed by atoms with E-state index in [9.17, 15) is 19.8 Å². The van der Waals surface area contributed by atoms with Crippen LogP contribution in [-0.2, 0) is 9.59 Å². The van der Waals surface area contributed by atoms with Crippen molar-refractivity contribution in [1.82, 2.24) is 9.80 Å². The predicted octanol–water partition coefficient (Wildman–Crippen LogP) is -10.9. The average molecular weight is 338 g/mol. The molecule has 0 radical (unpaired) electrons. The zero-order valence-corrected chi connectivity index (χ0v) is 18.3. The second-order valence-electron chi connectivity index (χ2n) is 3.23. The van der Waals surface area contributed by atoms with Crippen molar-refractivity contribution in [2.45, 2.75) is 0 Å². The van der Waals surface area contributed by atoms with Crippen LogP contribution in [-0.4, -0.2) is 60.8 Å². The summed E-state index contributed by atoms with van der Waals surface area (Å²) >= 11 is 0. The van der Waals surface area contributed by atoms with Crippen LogP contribution in [0.1, 0.15) is 0 Å². The van der Waals surface area contributed by atoms with Gasteiger partial charge in [-0.15, -0.1) is 0 Å². The molecule has 10 nitrogen and oxygen atoms in total. The van der Waals surface area contributed by atoms with E-state index < -0.39 is 11.9 Å². The summed E-state index contributed by atoms with van der Waals surface area (Å²) in [4.78, 5) is 21.7. The average Bonchev–Trinajstić information content (AvgIpc) is 2.16. The number of carboxylic acids is 2. The van der Waals surface area contributed by atoms with Crippen LogP contribution in [0.5, 0.6) is 0 Å². The van der Waals surface area contributed by atoms with E-state index in [-0.39, 0.29) is 128 Å². The first-order valence-corrected chi connectivity index (χ1v) is 4.58.